The normalized spacial score (nSPS) is 11.0. The maximum atomic E-state index is 12.7. The van der Waals surface area contributed by atoms with Crippen LogP contribution < -0.4 is 20.4 Å². The Morgan fingerprint density at radius 1 is 1.14 bits per heavy atom. The lowest BCUT2D eigenvalue weighted by Gasteiger charge is -2.13. The number of nitrogens with zero attached hydrogens (tertiary/aromatic N) is 1. The number of hydrogen-bond acceptors (Lipinski definition) is 5. The molecule has 3 rings (SSSR count). The molecule has 1 aromatic heterocycles. The summed E-state index contributed by atoms with van der Waals surface area (Å²) < 4.78 is 27.0. The summed E-state index contributed by atoms with van der Waals surface area (Å²) >= 11 is 4.89. The Hall–Kier alpha value is -2.88. The predicted molar refractivity (Wildman–Crippen MR) is 145 cm³/mol. The van der Waals surface area contributed by atoms with Crippen LogP contribution in [0.1, 0.15) is 44.4 Å². The molecule has 1 heterocycles. The number of carbonyl (C=O) groups is 1. The van der Waals surface area contributed by atoms with Crippen molar-refractivity contribution in [2.24, 2.45) is 0 Å². The number of rotatable bonds is 6. The smallest absolute Gasteiger partial charge is 0.412 e. The molecule has 35 heavy (non-hydrogen) atoms. The predicted octanol–water partition coefficient (Wildman–Crippen LogP) is 5.67. The number of halogens is 1. The Labute approximate surface area is 214 Å². The van der Waals surface area contributed by atoms with Crippen molar-refractivity contribution in [3.05, 3.63) is 68.5 Å². The van der Waals surface area contributed by atoms with Gasteiger partial charge in [-0.15, -0.1) is 0 Å². The van der Waals surface area contributed by atoms with Gasteiger partial charge in [0.2, 0.25) is 0 Å². The van der Waals surface area contributed by atoms with Crippen LogP contribution in [0.15, 0.2) is 45.6 Å². The van der Waals surface area contributed by atoms with E-state index in [1.54, 1.807) is 30.5 Å². The van der Waals surface area contributed by atoms with E-state index in [9.17, 15) is 13.8 Å². The van der Waals surface area contributed by atoms with Gasteiger partial charge >= 0.3 is 11.7 Å². The average Bonchev–Trinajstić information content (AvgIpc) is 2.85. The number of anilines is 1. The second-order valence-electron chi connectivity index (χ2n) is 6.95. The molecule has 192 valence electrons. The summed E-state index contributed by atoms with van der Waals surface area (Å²) in [5.74, 6) is 0.0940. The molecule has 1 amide bonds. The van der Waals surface area contributed by atoms with Crippen LogP contribution in [0.5, 0.6) is 5.75 Å². The molecule has 0 aliphatic heterocycles. The maximum Gasteiger partial charge on any atom is 0.412 e. The largest absolute Gasteiger partial charge is 0.422 e. The molecule has 0 aliphatic carbocycles. The fourth-order valence-corrected chi connectivity index (χ4v) is 3.68. The van der Waals surface area contributed by atoms with Gasteiger partial charge in [0.25, 0.3) is 0 Å². The van der Waals surface area contributed by atoms with Gasteiger partial charge in [-0.1, -0.05) is 51.4 Å². The minimum Gasteiger partial charge on any atom is -0.422 e. The van der Waals surface area contributed by atoms with E-state index in [-0.39, 0.29) is 16.4 Å². The van der Waals surface area contributed by atoms with Crippen LogP contribution >= 0.6 is 11.6 Å². The number of fused-ring (bicyclic) bond motifs is 1. The fraction of sp³-hybridized carbons (Fsp3) is 0.360. The molecular weight excluding hydrogens is 490 g/mol. The van der Waals surface area contributed by atoms with Gasteiger partial charge < -0.3 is 14.5 Å². The molecule has 0 bridgehead atoms. The van der Waals surface area contributed by atoms with E-state index in [2.05, 4.69) is 10.0 Å². The lowest BCUT2D eigenvalue weighted by atomic mass is 9.99. The van der Waals surface area contributed by atoms with Crippen LogP contribution in [0.2, 0.25) is 5.02 Å². The van der Waals surface area contributed by atoms with E-state index in [0.29, 0.717) is 23.1 Å². The van der Waals surface area contributed by atoms with Crippen LogP contribution in [0.4, 0.5) is 10.5 Å². The number of aryl methyl sites for hydroxylation is 1. The number of amides is 1. The topological polar surface area (TPSA) is 101 Å². The molecule has 1 unspecified atom stereocenters. The molecule has 10 heteroatoms. The van der Waals surface area contributed by atoms with E-state index in [1.165, 1.54) is 13.1 Å². The van der Waals surface area contributed by atoms with Crippen molar-refractivity contribution in [1.82, 2.24) is 9.62 Å². The van der Waals surface area contributed by atoms with Gasteiger partial charge in [0.1, 0.15) is 5.58 Å². The van der Waals surface area contributed by atoms with Crippen molar-refractivity contribution >= 4 is 45.5 Å². The van der Waals surface area contributed by atoms with Crippen molar-refractivity contribution in [3.8, 4) is 5.75 Å². The first-order valence-electron chi connectivity index (χ1n) is 11.3. The molecule has 0 saturated carbocycles. The summed E-state index contributed by atoms with van der Waals surface area (Å²) in [6, 6.07) is 10.4. The number of ether oxygens (including phenoxy) is 1. The molecule has 0 aliphatic rings. The van der Waals surface area contributed by atoms with Gasteiger partial charge in [0.05, 0.1) is 5.02 Å². The molecule has 1 atom stereocenters. The van der Waals surface area contributed by atoms with E-state index >= 15 is 0 Å². The van der Waals surface area contributed by atoms with Crippen molar-refractivity contribution < 1.29 is 18.2 Å². The van der Waals surface area contributed by atoms with Gasteiger partial charge in [0.15, 0.2) is 16.9 Å². The molecule has 0 saturated heterocycles. The first-order valence-corrected chi connectivity index (χ1v) is 12.8. The van der Waals surface area contributed by atoms with Crippen LogP contribution in [-0.2, 0) is 17.6 Å². The summed E-state index contributed by atoms with van der Waals surface area (Å²) in [7, 11) is 4.83. The number of nitrogens with one attached hydrogen (secondary N) is 2. The Balaban J connectivity index is 0.00000145. The lowest BCUT2D eigenvalue weighted by Crippen LogP contribution is -2.22. The van der Waals surface area contributed by atoms with Crippen LogP contribution in [0.25, 0.3) is 11.0 Å². The first kappa shape index (κ1) is 30.2. The van der Waals surface area contributed by atoms with Gasteiger partial charge in [-0.05, 0) is 36.2 Å². The minimum atomic E-state index is -1.37. The van der Waals surface area contributed by atoms with Gasteiger partial charge in [-0.25, -0.2) is 18.1 Å². The monoisotopic (exact) mass is 523 g/mol. The number of hydrogen-bond donors (Lipinski definition) is 2. The highest BCUT2D eigenvalue weighted by Crippen LogP contribution is 2.32. The Morgan fingerprint density at radius 2 is 1.80 bits per heavy atom. The molecule has 0 fully saturated rings. The molecule has 2 aromatic carbocycles. The highest BCUT2D eigenvalue weighted by atomic mass is 35.5. The summed E-state index contributed by atoms with van der Waals surface area (Å²) in [5, 5.41) is 3.20. The molecule has 0 spiro atoms. The Bertz CT molecular complexity index is 1230. The van der Waals surface area contributed by atoms with E-state index < -0.39 is 22.9 Å². The third-order valence-electron chi connectivity index (χ3n) is 4.59. The first-order chi connectivity index (χ1) is 16.7. The molecule has 2 N–H and O–H groups in total. The van der Waals surface area contributed by atoms with Crippen molar-refractivity contribution in [3.63, 3.8) is 0 Å². The fourth-order valence-electron chi connectivity index (χ4n) is 2.96. The van der Waals surface area contributed by atoms with E-state index in [4.69, 9.17) is 20.8 Å². The van der Waals surface area contributed by atoms with E-state index in [0.717, 1.165) is 11.1 Å². The zero-order valence-corrected chi connectivity index (χ0v) is 23.0. The van der Waals surface area contributed by atoms with Crippen LogP contribution in [0, 0.1) is 6.92 Å². The summed E-state index contributed by atoms with van der Waals surface area (Å²) in [5.41, 5.74) is 2.50. The van der Waals surface area contributed by atoms with Crippen molar-refractivity contribution in [1.29, 1.82) is 0 Å². The maximum absolute atomic E-state index is 12.7. The summed E-state index contributed by atoms with van der Waals surface area (Å²) in [4.78, 5) is 24.2. The second-order valence-corrected chi connectivity index (χ2v) is 8.79. The lowest BCUT2D eigenvalue weighted by molar-refractivity contribution is 0.203. The minimum absolute atomic E-state index is 0.0940. The van der Waals surface area contributed by atoms with E-state index in [1.807, 2.05) is 52.8 Å². The molecule has 0 radical (unpaired) electrons. The Kier molecular flexibility index (Phi) is 12.5. The number of carbonyl (C=O) groups excluding carboxylic acids is 1. The summed E-state index contributed by atoms with van der Waals surface area (Å²) in [6.07, 6.45) is -0.358. The molecular formula is C25H34ClN3O5S. The quantitative estimate of drug-likeness (QED) is 0.405. The third kappa shape index (κ3) is 8.09. The zero-order valence-electron chi connectivity index (χ0n) is 21.4. The van der Waals surface area contributed by atoms with Crippen LogP contribution in [0.3, 0.4) is 0 Å². The molecule has 8 nitrogen and oxygen atoms in total. The Morgan fingerprint density at radius 3 is 2.40 bits per heavy atom. The van der Waals surface area contributed by atoms with Gasteiger partial charge in [0, 0.05) is 50.3 Å². The SMILES string of the molecule is CC.CC.CNC(=O)Oc1cc2oc(=O)c(Cc3cccc(NS(=O)N(C)C)c3)c(C)c2cc1Cl. The number of benzene rings is 2. The summed E-state index contributed by atoms with van der Waals surface area (Å²) in [6.45, 7) is 9.81. The van der Waals surface area contributed by atoms with Crippen LogP contribution in [-0.4, -0.2) is 35.8 Å². The van der Waals surface area contributed by atoms with Gasteiger partial charge in [-0.2, -0.15) is 0 Å². The van der Waals surface area contributed by atoms with Gasteiger partial charge in [-0.3, -0.25) is 4.72 Å². The second kappa shape index (κ2) is 14.5. The van der Waals surface area contributed by atoms with Crippen molar-refractivity contribution in [2.45, 2.75) is 41.0 Å². The zero-order chi connectivity index (χ0) is 26.7. The third-order valence-corrected chi connectivity index (χ3v) is 5.96. The highest BCUT2D eigenvalue weighted by molar-refractivity contribution is 7.83. The standard InChI is InChI=1S/C21H22ClN3O5S.2C2H6/c1-12-15-10-17(22)19(30-21(27)23-2)11-18(15)29-20(26)16(12)9-13-6-5-7-14(8-13)24-31(28)25(3)4;2*1-2/h5-8,10-11,24H,9H2,1-4H3,(H,23,27);2*1-2H3. The average molecular weight is 524 g/mol. The molecule has 3 aromatic rings. The van der Waals surface area contributed by atoms with Crippen molar-refractivity contribution in [2.75, 3.05) is 25.9 Å². The highest BCUT2D eigenvalue weighted by Gasteiger charge is 2.16.